The summed E-state index contributed by atoms with van der Waals surface area (Å²) < 4.78 is 26.8. The summed E-state index contributed by atoms with van der Waals surface area (Å²) in [5.41, 5.74) is 0.339. The molecule has 1 saturated heterocycles. The van der Waals surface area contributed by atoms with Crippen molar-refractivity contribution >= 4 is 21.9 Å². The highest BCUT2D eigenvalue weighted by Gasteiger charge is 2.25. The summed E-state index contributed by atoms with van der Waals surface area (Å²) in [6, 6.07) is 7.94. The number of rotatable bonds is 7. The second kappa shape index (κ2) is 9.32. The van der Waals surface area contributed by atoms with Crippen LogP contribution >= 0.6 is 0 Å². The molecule has 2 aromatic rings. The average molecular weight is 418 g/mol. The molecule has 9 heteroatoms. The Morgan fingerprint density at radius 3 is 2.62 bits per heavy atom. The van der Waals surface area contributed by atoms with Crippen molar-refractivity contribution < 1.29 is 13.2 Å². The molecular formula is C20H27N5O3S. The van der Waals surface area contributed by atoms with Crippen LogP contribution in [0.15, 0.2) is 47.6 Å². The van der Waals surface area contributed by atoms with E-state index in [0.29, 0.717) is 31.1 Å². The molecular weight excluding hydrogens is 390 g/mol. The van der Waals surface area contributed by atoms with E-state index in [9.17, 15) is 13.2 Å². The number of piperidine rings is 1. The molecule has 0 bridgehead atoms. The number of nitrogens with one attached hydrogen (secondary N) is 1. The van der Waals surface area contributed by atoms with E-state index in [1.165, 1.54) is 16.4 Å². The molecule has 29 heavy (non-hydrogen) atoms. The van der Waals surface area contributed by atoms with Gasteiger partial charge < -0.3 is 10.2 Å². The molecule has 1 atom stereocenters. The summed E-state index contributed by atoms with van der Waals surface area (Å²) in [5.74, 6) is 0.376. The van der Waals surface area contributed by atoms with Crippen LogP contribution in [0, 0.1) is 0 Å². The fraction of sp³-hybridized carbons (Fsp3) is 0.450. The largest absolute Gasteiger partial charge is 0.348 e. The van der Waals surface area contributed by atoms with Gasteiger partial charge >= 0.3 is 0 Å². The van der Waals surface area contributed by atoms with Crippen LogP contribution in [-0.2, 0) is 10.0 Å². The van der Waals surface area contributed by atoms with Gasteiger partial charge in [0.05, 0.1) is 4.90 Å². The Hall–Kier alpha value is -2.52. The van der Waals surface area contributed by atoms with Gasteiger partial charge in [-0.3, -0.25) is 4.79 Å². The number of aromatic nitrogens is 2. The van der Waals surface area contributed by atoms with Crippen molar-refractivity contribution in [3.8, 4) is 0 Å². The molecule has 3 rings (SSSR count). The molecule has 0 saturated carbocycles. The van der Waals surface area contributed by atoms with Gasteiger partial charge in [0.15, 0.2) is 0 Å². The summed E-state index contributed by atoms with van der Waals surface area (Å²) in [4.78, 5) is 23.5. The first-order chi connectivity index (χ1) is 14.0. The number of anilines is 1. The molecule has 0 spiro atoms. The molecule has 1 fully saturated rings. The Labute approximate surface area is 172 Å². The van der Waals surface area contributed by atoms with Crippen LogP contribution in [0.4, 0.5) is 5.95 Å². The number of benzene rings is 1. The normalized spacial score (nSPS) is 17.3. The lowest BCUT2D eigenvalue weighted by molar-refractivity contribution is 0.0933. The Morgan fingerprint density at radius 2 is 1.93 bits per heavy atom. The van der Waals surface area contributed by atoms with Gasteiger partial charge in [-0.2, -0.15) is 4.31 Å². The molecule has 0 aliphatic carbocycles. The smallest absolute Gasteiger partial charge is 0.251 e. The Balaban J connectivity index is 1.71. The van der Waals surface area contributed by atoms with E-state index in [2.05, 4.69) is 20.2 Å². The number of hydrogen-bond acceptors (Lipinski definition) is 6. The third-order valence-corrected chi connectivity index (χ3v) is 7.08. The minimum absolute atomic E-state index is 0.0527. The zero-order valence-electron chi connectivity index (χ0n) is 16.8. The molecule has 1 aliphatic rings. The molecule has 1 amide bonds. The van der Waals surface area contributed by atoms with Crippen molar-refractivity contribution in [1.29, 1.82) is 0 Å². The summed E-state index contributed by atoms with van der Waals surface area (Å²) in [6.45, 7) is 5.82. The second-order valence-corrected chi connectivity index (χ2v) is 8.86. The first kappa shape index (κ1) is 21.2. The van der Waals surface area contributed by atoms with E-state index >= 15 is 0 Å². The molecule has 8 nitrogen and oxygen atoms in total. The van der Waals surface area contributed by atoms with Gasteiger partial charge in [0.1, 0.15) is 0 Å². The fourth-order valence-electron chi connectivity index (χ4n) is 3.51. The zero-order valence-corrected chi connectivity index (χ0v) is 17.6. The van der Waals surface area contributed by atoms with Crippen molar-refractivity contribution in [2.45, 2.75) is 37.6 Å². The highest BCUT2D eigenvalue weighted by molar-refractivity contribution is 7.89. The van der Waals surface area contributed by atoms with Crippen LogP contribution in [0.2, 0.25) is 0 Å². The summed E-state index contributed by atoms with van der Waals surface area (Å²) in [7, 11) is -3.61. The predicted octanol–water partition coefficient (Wildman–Crippen LogP) is 1.91. The van der Waals surface area contributed by atoms with Crippen molar-refractivity contribution in [2.75, 3.05) is 31.1 Å². The maximum Gasteiger partial charge on any atom is 0.251 e. The zero-order chi connectivity index (χ0) is 20.9. The van der Waals surface area contributed by atoms with E-state index in [4.69, 9.17) is 0 Å². The van der Waals surface area contributed by atoms with Crippen LogP contribution in [0.1, 0.15) is 37.0 Å². The Morgan fingerprint density at radius 1 is 1.21 bits per heavy atom. The van der Waals surface area contributed by atoms with Crippen LogP contribution in [0.25, 0.3) is 0 Å². The summed E-state index contributed by atoms with van der Waals surface area (Å²) >= 11 is 0. The van der Waals surface area contributed by atoms with E-state index in [0.717, 1.165) is 19.4 Å². The molecule has 1 aromatic carbocycles. The molecule has 156 valence electrons. The lowest BCUT2D eigenvalue weighted by Gasteiger charge is -2.33. The van der Waals surface area contributed by atoms with Crippen molar-refractivity contribution in [3.63, 3.8) is 0 Å². The molecule has 1 aromatic heterocycles. The quantitative estimate of drug-likeness (QED) is 0.739. The first-order valence-electron chi connectivity index (χ1n) is 9.88. The van der Waals surface area contributed by atoms with Crippen molar-refractivity contribution in [1.82, 2.24) is 19.6 Å². The van der Waals surface area contributed by atoms with Gasteiger partial charge in [0, 0.05) is 50.2 Å². The minimum Gasteiger partial charge on any atom is -0.348 e. The minimum atomic E-state index is -3.61. The molecule has 1 unspecified atom stereocenters. The fourth-order valence-corrected chi connectivity index (χ4v) is 5.01. The van der Waals surface area contributed by atoms with Gasteiger partial charge in [-0.1, -0.05) is 19.9 Å². The van der Waals surface area contributed by atoms with Gasteiger partial charge in [0.2, 0.25) is 16.0 Å². The molecule has 1 aliphatic heterocycles. The molecule has 1 N–H and O–H groups in total. The summed E-state index contributed by atoms with van der Waals surface area (Å²) in [5, 5.41) is 3.03. The SMILES string of the molecule is CCN(CC)S(=O)(=O)c1cccc(C(=O)NC2CCCN(c3ncccn3)C2)c1. The Kier molecular flexibility index (Phi) is 6.81. The number of sulfonamides is 1. The van der Waals surface area contributed by atoms with Crippen molar-refractivity contribution in [3.05, 3.63) is 48.3 Å². The lowest BCUT2D eigenvalue weighted by atomic mass is 10.1. The maximum absolute atomic E-state index is 12.8. The number of carbonyl (C=O) groups excluding carboxylic acids is 1. The lowest BCUT2D eigenvalue weighted by Crippen LogP contribution is -2.48. The maximum atomic E-state index is 12.8. The average Bonchev–Trinajstić information content (AvgIpc) is 2.75. The van der Waals surface area contributed by atoms with Crippen LogP contribution in [0.5, 0.6) is 0 Å². The van der Waals surface area contributed by atoms with E-state index in [1.807, 2.05) is 0 Å². The second-order valence-electron chi connectivity index (χ2n) is 6.92. The summed E-state index contributed by atoms with van der Waals surface area (Å²) in [6.07, 6.45) is 5.17. The van der Waals surface area contributed by atoms with E-state index < -0.39 is 10.0 Å². The van der Waals surface area contributed by atoms with E-state index in [-0.39, 0.29) is 16.8 Å². The van der Waals surface area contributed by atoms with Gasteiger partial charge in [0.25, 0.3) is 5.91 Å². The van der Waals surface area contributed by atoms with Crippen molar-refractivity contribution in [2.24, 2.45) is 0 Å². The number of carbonyl (C=O) groups is 1. The molecule has 0 radical (unpaired) electrons. The number of amides is 1. The van der Waals surface area contributed by atoms with Crippen LogP contribution < -0.4 is 10.2 Å². The van der Waals surface area contributed by atoms with Gasteiger partial charge in [-0.05, 0) is 37.1 Å². The number of nitrogens with zero attached hydrogens (tertiary/aromatic N) is 4. The third-order valence-electron chi connectivity index (χ3n) is 5.03. The highest BCUT2D eigenvalue weighted by Crippen LogP contribution is 2.19. The highest BCUT2D eigenvalue weighted by atomic mass is 32.2. The van der Waals surface area contributed by atoms with Gasteiger partial charge in [-0.15, -0.1) is 0 Å². The van der Waals surface area contributed by atoms with Crippen LogP contribution in [0.3, 0.4) is 0 Å². The molecule has 2 heterocycles. The van der Waals surface area contributed by atoms with E-state index in [1.54, 1.807) is 44.4 Å². The van der Waals surface area contributed by atoms with Gasteiger partial charge in [-0.25, -0.2) is 18.4 Å². The third kappa shape index (κ3) is 4.91. The Bertz CT molecular complexity index is 932. The van der Waals surface area contributed by atoms with Crippen LogP contribution in [-0.4, -0.2) is 60.8 Å². The standard InChI is InChI=1S/C20H27N5O3S/c1-3-25(4-2)29(27,28)18-10-5-8-16(14-18)19(26)23-17-9-6-13-24(15-17)20-21-11-7-12-22-20/h5,7-8,10-12,14,17H,3-4,6,9,13,15H2,1-2H3,(H,23,26). The monoisotopic (exact) mass is 417 g/mol. The number of hydrogen-bond donors (Lipinski definition) is 1. The topological polar surface area (TPSA) is 95.5 Å². The first-order valence-corrected chi connectivity index (χ1v) is 11.3. The predicted molar refractivity (Wildman–Crippen MR) is 111 cm³/mol.